The summed E-state index contributed by atoms with van der Waals surface area (Å²) in [5, 5.41) is 14.5. The van der Waals surface area contributed by atoms with Crippen molar-refractivity contribution in [2.24, 2.45) is 0 Å². The molecule has 42 heavy (non-hydrogen) atoms. The fourth-order valence-corrected chi connectivity index (χ4v) is 5.32. The van der Waals surface area contributed by atoms with Gasteiger partial charge in [0.15, 0.2) is 5.82 Å². The Morgan fingerprint density at radius 3 is 2.45 bits per heavy atom. The molecule has 3 N–H and O–H groups in total. The molecule has 0 spiro atoms. The molecule has 0 aliphatic carbocycles. The van der Waals surface area contributed by atoms with Crippen LogP contribution in [0.1, 0.15) is 10.4 Å². The van der Waals surface area contributed by atoms with Crippen LogP contribution < -0.4 is 15.5 Å². The number of likely N-dealkylation sites (N-methyl/N-ethyl adjacent to an activating group) is 1. The molecule has 2 saturated heterocycles. The zero-order valence-electron chi connectivity index (χ0n) is 23.5. The van der Waals surface area contributed by atoms with Gasteiger partial charge in [0.1, 0.15) is 11.6 Å². The molecule has 0 bridgehead atoms. The molecular formula is C30H34FN9O2. The first kappa shape index (κ1) is 27.6. The highest BCUT2D eigenvalue weighted by molar-refractivity contribution is 5.96. The standard InChI is InChI=1S/C30H34FN9O2/c1-37-10-12-38(13-11-37)20-28(41)34-26-8-9-27(33-24-6-7-25-22(18-24)19-32-36-25)35-29(26)39-14-16-40(17-15-39)30(42)21-2-4-23(31)5-3-21/h2-9,18-19H,10-17,20H2,1H3,(H,32,36)(H,33,35)(H,34,41). The van der Waals surface area contributed by atoms with Gasteiger partial charge in [-0.15, -0.1) is 0 Å². The van der Waals surface area contributed by atoms with Crippen LogP contribution >= 0.6 is 0 Å². The van der Waals surface area contributed by atoms with Crippen molar-refractivity contribution >= 4 is 45.7 Å². The molecule has 12 heteroatoms. The average Bonchev–Trinajstić information content (AvgIpc) is 3.47. The van der Waals surface area contributed by atoms with Crippen LogP contribution in [0, 0.1) is 5.82 Å². The van der Waals surface area contributed by atoms with Gasteiger partial charge in [-0.3, -0.25) is 19.6 Å². The number of anilines is 4. The number of carbonyl (C=O) groups excluding carboxylic acids is 2. The van der Waals surface area contributed by atoms with Crippen LogP contribution in [0.5, 0.6) is 0 Å². The molecule has 2 aromatic carbocycles. The summed E-state index contributed by atoms with van der Waals surface area (Å²) in [6.45, 7) is 5.90. The molecule has 0 saturated carbocycles. The van der Waals surface area contributed by atoms with E-state index in [1.807, 2.05) is 30.3 Å². The lowest BCUT2D eigenvalue weighted by molar-refractivity contribution is -0.117. The van der Waals surface area contributed by atoms with Crippen LogP contribution in [0.25, 0.3) is 10.9 Å². The summed E-state index contributed by atoms with van der Waals surface area (Å²) in [6.07, 6.45) is 1.77. The Morgan fingerprint density at radius 2 is 1.69 bits per heavy atom. The van der Waals surface area contributed by atoms with Crippen LogP contribution in [0.4, 0.5) is 27.4 Å². The Balaban J connectivity index is 1.19. The summed E-state index contributed by atoms with van der Waals surface area (Å²) < 4.78 is 13.3. The second-order valence-electron chi connectivity index (χ2n) is 10.8. The van der Waals surface area contributed by atoms with E-state index in [1.165, 1.54) is 24.3 Å². The number of hydrogen-bond acceptors (Lipinski definition) is 8. The third-order valence-corrected chi connectivity index (χ3v) is 7.78. The lowest BCUT2D eigenvalue weighted by Gasteiger charge is -2.36. The van der Waals surface area contributed by atoms with Crippen molar-refractivity contribution in [3.05, 3.63) is 72.2 Å². The zero-order chi connectivity index (χ0) is 29.1. The SMILES string of the molecule is CN1CCN(CC(=O)Nc2ccc(Nc3ccc4[nH]ncc4c3)nc2N2CCN(C(=O)c3ccc(F)cc3)CC2)CC1. The molecule has 2 amide bonds. The van der Waals surface area contributed by atoms with Crippen molar-refractivity contribution < 1.29 is 14.0 Å². The molecule has 2 aliphatic rings. The minimum Gasteiger partial charge on any atom is -0.351 e. The van der Waals surface area contributed by atoms with Gasteiger partial charge in [0.05, 0.1) is 23.9 Å². The third-order valence-electron chi connectivity index (χ3n) is 7.78. The maximum absolute atomic E-state index is 13.3. The number of fused-ring (bicyclic) bond motifs is 1. The summed E-state index contributed by atoms with van der Waals surface area (Å²) >= 11 is 0. The lowest BCUT2D eigenvalue weighted by Crippen LogP contribution is -2.49. The van der Waals surface area contributed by atoms with E-state index in [0.29, 0.717) is 55.6 Å². The molecule has 2 aliphatic heterocycles. The number of aromatic amines is 1. The smallest absolute Gasteiger partial charge is 0.253 e. The monoisotopic (exact) mass is 571 g/mol. The second kappa shape index (κ2) is 12.1. The molecule has 11 nitrogen and oxygen atoms in total. The third kappa shape index (κ3) is 6.34. The zero-order valence-corrected chi connectivity index (χ0v) is 23.5. The van der Waals surface area contributed by atoms with E-state index in [2.05, 4.69) is 42.6 Å². The first-order valence-corrected chi connectivity index (χ1v) is 14.1. The number of nitrogens with zero attached hydrogens (tertiary/aromatic N) is 6. The Hall–Kier alpha value is -4.55. The van der Waals surface area contributed by atoms with Gasteiger partial charge in [-0.05, 0) is 61.6 Å². The Bertz CT molecular complexity index is 1560. The first-order chi connectivity index (χ1) is 20.4. The van der Waals surface area contributed by atoms with Crippen molar-refractivity contribution in [2.75, 3.05) is 81.5 Å². The number of hydrogen-bond donors (Lipinski definition) is 3. The summed E-state index contributed by atoms with van der Waals surface area (Å²) in [5.41, 5.74) is 2.90. The highest BCUT2D eigenvalue weighted by atomic mass is 19.1. The van der Waals surface area contributed by atoms with Gasteiger partial charge in [0.2, 0.25) is 5.91 Å². The van der Waals surface area contributed by atoms with Crippen molar-refractivity contribution in [1.82, 2.24) is 29.9 Å². The van der Waals surface area contributed by atoms with Crippen LogP contribution in [0.2, 0.25) is 0 Å². The van der Waals surface area contributed by atoms with Gasteiger partial charge in [0.25, 0.3) is 5.91 Å². The fourth-order valence-electron chi connectivity index (χ4n) is 5.32. The van der Waals surface area contributed by atoms with Gasteiger partial charge in [-0.25, -0.2) is 9.37 Å². The summed E-state index contributed by atoms with van der Waals surface area (Å²) in [5.74, 6) is 0.690. The number of piperazine rings is 2. The van der Waals surface area contributed by atoms with Gasteiger partial charge < -0.3 is 25.3 Å². The van der Waals surface area contributed by atoms with E-state index in [0.717, 1.165) is 42.8 Å². The largest absolute Gasteiger partial charge is 0.351 e. The predicted octanol–water partition coefficient (Wildman–Crippen LogP) is 2.99. The average molecular weight is 572 g/mol. The molecule has 0 atom stereocenters. The maximum atomic E-state index is 13.3. The van der Waals surface area contributed by atoms with E-state index < -0.39 is 0 Å². The molecule has 6 rings (SSSR count). The first-order valence-electron chi connectivity index (χ1n) is 14.1. The number of H-pyrrole nitrogens is 1. The summed E-state index contributed by atoms with van der Waals surface area (Å²) in [7, 11) is 2.09. The number of aromatic nitrogens is 3. The quantitative estimate of drug-likeness (QED) is 0.311. The molecule has 218 valence electrons. The van der Waals surface area contributed by atoms with E-state index in [9.17, 15) is 14.0 Å². The van der Waals surface area contributed by atoms with Crippen LogP contribution in [-0.4, -0.2) is 108 Å². The number of benzene rings is 2. The topological polar surface area (TPSA) is 113 Å². The van der Waals surface area contributed by atoms with E-state index >= 15 is 0 Å². The number of rotatable bonds is 7. The fraction of sp³-hybridized carbons (Fsp3) is 0.333. The maximum Gasteiger partial charge on any atom is 0.253 e. The molecular weight excluding hydrogens is 537 g/mol. The van der Waals surface area contributed by atoms with Gasteiger partial charge >= 0.3 is 0 Å². The van der Waals surface area contributed by atoms with E-state index in [4.69, 9.17) is 4.98 Å². The van der Waals surface area contributed by atoms with Gasteiger partial charge in [-0.2, -0.15) is 5.10 Å². The van der Waals surface area contributed by atoms with Gasteiger partial charge in [-0.1, -0.05) is 0 Å². The number of halogens is 1. The Labute approximate surface area is 243 Å². The molecule has 0 unspecified atom stereocenters. The van der Waals surface area contributed by atoms with Crippen molar-refractivity contribution in [3.63, 3.8) is 0 Å². The Morgan fingerprint density at radius 1 is 0.929 bits per heavy atom. The predicted molar refractivity (Wildman–Crippen MR) is 161 cm³/mol. The molecule has 2 fully saturated rings. The highest BCUT2D eigenvalue weighted by Gasteiger charge is 2.26. The molecule has 4 aromatic rings. The van der Waals surface area contributed by atoms with Crippen molar-refractivity contribution in [2.45, 2.75) is 0 Å². The van der Waals surface area contributed by atoms with Crippen LogP contribution in [0.3, 0.4) is 0 Å². The minimum absolute atomic E-state index is 0.0844. The lowest BCUT2D eigenvalue weighted by atomic mass is 10.1. The van der Waals surface area contributed by atoms with Crippen LogP contribution in [0.15, 0.2) is 60.8 Å². The van der Waals surface area contributed by atoms with Gasteiger partial charge in [0, 0.05) is 69.0 Å². The highest BCUT2D eigenvalue weighted by Crippen LogP contribution is 2.29. The number of nitrogens with one attached hydrogen (secondary N) is 3. The van der Waals surface area contributed by atoms with E-state index in [-0.39, 0.29) is 17.6 Å². The second-order valence-corrected chi connectivity index (χ2v) is 10.8. The van der Waals surface area contributed by atoms with Crippen molar-refractivity contribution in [1.29, 1.82) is 0 Å². The van der Waals surface area contributed by atoms with Crippen molar-refractivity contribution in [3.8, 4) is 0 Å². The molecule has 2 aromatic heterocycles. The number of carbonyl (C=O) groups is 2. The normalized spacial score (nSPS) is 16.5. The van der Waals surface area contributed by atoms with E-state index in [1.54, 1.807) is 11.1 Å². The minimum atomic E-state index is -0.372. The Kier molecular flexibility index (Phi) is 7.97. The van der Waals surface area contributed by atoms with Crippen LogP contribution in [-0.2, 0) is 4.79 Å². The summed E-state index contributed by atoms with van der Waals surface area (Å²) in [6, 6.07) is 15.2. The molecule has 4 heterocycles. The number of amides is 2. The molecule has 0 radical (unpaired) electrons. The number of pyridine rings is 1. The summed E-state index contributed by atoms with van der Waals surface area (Å²) in [4.78, 5) is 39.3.